The number of Topliss-reactive ketones (excluding diaryl/α,β-unsaturated/α-hetero) is 1. The maximum atomic E-state index is 12.4. The average Bonchev–Trinajstić information content (AvgIpc) is 3.05. The molecule has 0 saturated carbocycles. The van der Waals surface area contributed by atoms with Gasteiger partial charge in [0.25, 0.3) is 0 Å². The Morgan fingerprint density at radius 3 is 2.81 bits per heavy atom. The number of hydrogen-bond donors (Lipinski definition) is 1. The van der Waals surface area contributed by atoms with Crippen molar-refractivity contribution in [2.75, 3.05) is 6.79 Å². The number of carbonyl (C=O) groups excluding carboxylic acids is 1. The molecular formula is C17H12O4. The van der Waals surface area contributed by atoms with E-state index < -0.39 is 0 Å². The van der Waals surface area contributed by atoms with Crippen molar-refractivity contribution >= 4 is 11.9 Å². The number of rotatable bonds is 1. The third-order valence-corrected chi connectivity index (χ3v) is 3.75. The number of fused-ring (bicyclic) bond motifs is 2. The van der Waals surface area contributed by atoms with Crippen LogP contribution in [0.1, 0.15) is 21.5 Å². The zero-order chi connectivity index (χ0) is 14.4. The summed E-state index contributed by atoms with van der Waals surface area (Å²) in [5.41, 5.74) is 3.15. The van der Waals surface area contributed by atoms with Crippen molar-refractivity contribution in [2.24, 2.45) is 0 Å². The van der Waals surface area contributed by atoms with Crippen LogP contribution in [-0.2, 0) is 6.42 Å². The van der Waals surface area contributed by atoms with Gasteiger partial charge in [-0.1, -0.05) is 12.1 Å². The molecule has 1 aliphatic carbocycles. The molecule has 0 amide bonds. The minimum absolute atomic E-state index is 0.0291. The van der Waals surface area contributed by atoms with Crippen molar-refractivity contribution in [1.29, 1.82) is 0 Å². The van der Waals surface area contributed by atoms with Crippen LogP contribution < -0.4 is 9.47 Å². The number of ketones is 1. The Morgan fingerprint density at radius 1 is 1.05 bits per heavy atom. The molecule has 0 atom stereocenters. The van der Waals surface area contributed by atoms with Gasteiger partial charge >= 0.3 is 0 Å². The Kier molecular flexibility index (Phi) is 2.51. The van der Waals surface area contributed by atoms with Crippen LogP contribution in [0.15, 0.2) is 42.0 Å². The third-order valence-electron chi connectivity index (χ3n) is 3.75. The molecule has 4 rings (SSSR count). The minimum Gasteiger partial charge on any atom is -0.508 e. The fraction of sp³-hybridized carbons (Fsp3) is 0.118. The van der Waals surface area contributed by atoms with Gasteiger partial charge in [0, 0.05) is 17.6 Å². The number of allylic oxidation sites excluding steroid dienone is 1. The highest BCUT2D eigenvalue weighted by Crippen LogP contribution is 2.35. The third kappa shape index (κ3) is 1.96. The second-order valence-corrected chi connectivity index (χ2v) is 5.13. The lowest BCUT2D eigenvalue weighted by atomic mass is 10.1. The normalized spacial score (nSPS) is 17.3. The smallest absolute Gasteiger partial charge is 0.231 e. The minimum atomic E-state index is -0.0291. The highest BCUT2D eigenvalue weighted by atomic mass is 16.7. The lowest BCUT2D eigenvalue weighted by molar-refractivity contribution is 0.104. The summed E-state index contributed by atoms with van der Waals surface area (Å²) in [5, 5.41) is 9.49. The van der Waals surface area contributed by atoms with Crippen LogP contribution in [0, 0.1) is 0 Å². The van der Waals surface area contributed by atoms with Crippen LogP contribution in [-0.4, -0.2) is 17.7 Å². The molecule has 104 valence electrons. The molecular weight excluding hydrogens is 268 g/mol. The van der Waals surface area contributed by atoms with E-state index in [4.69, 9.17) is 9.47 Å². The standard InChI is InChI=1S/C17H12O4/c18-13-3-2-11-7-12(17(19)14(11)8-13)5-10-1-4-15-16(6-10)21-9-20-15/h1-6,8,18H,7,9H2/b12-5+. The van der Waals surface area contributed by atoms with Crippen LogP contribution in [0.2, 0.25) is 0 Å². The summed E-state index contributed by atoms with van der Waals surface area (Å²) in [6, 6.07) is 10.5. The second-order valence-electron chi connectivity index (χ2n) is 5.13. The first-order valence-corrected chi connectivity index (χ1v) is 6.67. The Morgan fingerprint density at radius 2 is 1.90 bits per heavy atom. The number of carbonyl (C=O) groups is 1. The van der Waals surface area contributed by atoms with Crippen molar-refractivity contribution in [1.82, 2.24) is 0 Å². The Labute approximate surface area is 121 Å². The van der Waals surface area contributed by atoms with Gasteiger partial charge in [-0.15, -0.1) is 0 Å². The zero-order valence-electron chi connectivity index (χ0n) is 11.1. The van der Waals surface area contributed by atoms with E-state index in [1.165, 1.54) is 6.07 Å². The van der Waals surface area contributed by atoms with Crippen LogP contribution in [0.4, 0.5) is 0 Å². The SMILES string of the molecule is O=C1/C(=C/c2ccc3c(c2)OCO3)Cc2ccc(O)cc21. The summed E-state index contributed by atoms with van der Waals surface area (Å²) in [6.45, 7) is 0.235. The molecule has 0 bridgehead atoms. The number of hydrogen-bond acceptors (Lipinski definition) is 4. The number of phenols is 1. The number of benzene rings is 2. The van der Waals surface area contributed by atoms with E-state index in [0.717, 1.165) is 22.4 Å². The summed E-state index contributed by atoms with van der Waals surface area (Å²) in [7, 11) is 0. The largest absolute Gasteiger partial charge is 0.508 e. The molecule has 0 unspecified atom stereocenters. The monoisotopic (exact) mass is 280 g/mol. The number of phenolic OH excluding ortho intramolecular Hbond substituents is 1. The molecule has 0 fully saturated rings. The first-order valence-electron chi connectivity index (χ1n) is 6.67. The first kappa shape index (κ1) is 12.0. The summed E-state index contributed by atoms with van der Waals surface area (Å²) < 4.78 is 10.6. The van der Waals surface area contributed by atoms with Gasteiger partial charge in [0.05, 0.1) is 0 Å². The fourth-order valence-corrected chi connectivity index (χ4v) is 2.71. The van der Waals surface area contributed by atoms with Gasteiger partial charge in [-0.05, 0) is 41.5 Å². The van der Waals surface area contributed by atoms with E-state index >= 15 is 0 Å². The highest BCUT2D eigenvalue weighted by Gasteiger charge is 2.25. The van der Waals surface area contributed by atoms with E-state index in [1.54, 1.807) is 12.1 Å². The molecule has 4 heteroatoms. The van der Waals surface area contributed by atoms with Gasteiger partial charge in [0.15, 0.2) is 17.3 Å². The molecule has 21 heavy (non-hydrogen) atoms. The molecule has 2 aromatic carbocycles. The molecule has 0 spiro atoms. The lowest BCUT2D eigenvalue weighted by Crippen LogP contribution is -1.95. The summed E-state index contributed by atoms with van der Waals surface area (Å²) in [5.74, 6) is 1.51. The molecule has 0 radical (unpaired) electrons. The van der Waals surface area contributed by atoms with Crippen LogP contribution in [0.3, 0.4) is 0 Å². The highest BCUT2D eigenvalue weighted by molar-refractivity contribution is 6.15. The molecule has 0 saturated heterocycles. The summed E-state index contributed by atoms with van der Waals surface area (Å²) >= 11 is 0. The molecule has 1 aliphatic heterocycles. The van der Waals surface area contributed by atoms with Crippen LogP contribution >= 0.6 is 0 Å². The van der Waals surface area contributed by atoms with Gasteiger partial charge in [0.2, 0.25) is 6.79 Å². The van der Waals surface area contributed by atoms with E-state index in [-0.39, 0.29) is 18.3 Å². The predicted octanol–water partition coefficient (Wildman–Crippen LogP) is 2.94. The molecule has 4 nitrogen and oxygen atoms in total. The summed E-state index contributed by atoms with van der Waals surface area (Å²) in [6.07, 6.45) is 2.45. The maximum absolute atomic E-state index is 12.4. The fourth-order valence-electron chi connectivity index (χ4n) is 2.71. The van der Waals surface area contributed by atoms with Crippen molar-refractivity contribution in [2.45, 2.75) is 6.42 Å². The average molecular weight is 280 g/mol. The van der Waals surface area contributed by atoms with Crippen LogP contribution in [0.25, 0.3) is 6.08 Å². The van der Waals surface area contributed by atoms with Crippen molar-refractivity contribution in [3.63, 3.8) is 0 Å². The molecule has 1 N–H and O–H groups in total. The van der Waals surface area contributed by atoms with Crippen molar-refractivity contribution < 1.29 is 19.4 Å². The van der Waals surface area contributed by atoms with E-state index in [1.807, 2.05) is 24.3 Å². The van der Waals surface area contributed by atoms with Gasteiger partial charge in [-0.25, -0.2) is 0 Å². The Balaban J connectivity index is 1.70. The van der Waals surface area contributed by atoms with Crippen molar-refractivity contribution in [3.8, 4) is 17.2 Å². The second kappa shape index (κ2) is 4.38. The topological polar surface area (TPSA) is 55.8 Å². The quantitative estimate of drug-likeness (QED) is 0.816. The Bertz CT molecular complexity index is 789. The lowest BCUT2D eigenvalue weighted by Gasteiger charge is -1.99. The first-order chi connectivity index (χ1) is 10.2. The van der Waals surface area contributed by atoms with E-state index in [9.17, 15) is 9.90 Å². The van der Waals surface area contributed by atoms with Crippen LogP contribution in [0.5, 0.6) is 17.2 Å². The molecule has 1 heterocycles. The van der Waals surface area contributed by atoms with E-state index in [2.05, 4.69) is 0 Å². The van der Waals surface area contributed by atoms with Gasteiger partial charge in [-0.3, -0.25) is 4.79 Å². The number of aromatic hydroxyl groups is 1. The summed E-state index contributed by atoms with van der Waals surface area (Å²) in [4.78, 5) is 12.4. The zero-order valence-corrected chi connectivity index (χ0v) is 11.1. The van der Waals surface area contributed by atoms with E-state index in [0.29, 0.717) is 17.7 Å². The predicted molar refractivity (Wildman–Crippen MR) is 76.7 cm³/mol. The van der Waals surface area contributed by atoms with Gasteiger partial charge in [-0.2, -0.15) is 0 Å². The molecule has 0 aromatic heterocycles. The maximum Gasteiger partial charge on any atom is 0.231 e. The van der Waals surface area contributed by atoms with Crippen molar-refractivity contribution in [3.05, 3.63) is 58.7 Å². The Hall–Kier alpha value is -2.75. The van der Waals surface area contributed by atoms with Gasteiger partial charge < -0.3 is 14.6 Å². The van der Waals surface area contributed by atoms with Gasteiger partial charge in [0.1, 0.15) is 5.75 Å². The molecule has 2 aromatic rings. The number of ether oxygens (including phenoxy) is 2. The molecule has 2 aliphatic rings.